The summed E-state index contributed by atoms with van der Waals surface area (Å²) >= 11 is 0. The van der Waals surface area contributed by atoms with Crippen molar-refractivity contribution in [3.05, 3.63) is 33.2 Å². The van der Waals surface area contributed by atoms with Gasteiger partial charge in [0.05, 0.1) is 6.10 Å². The number of aryl methyl sites for hydroxylation is 1. The van der Waals surface area contributed by atoms with Crippen LogP contribution in [0.3, 0.4) is 0 Å². The lowest BCUT2D eigenvalue weighted by atomic mass is 10.0. The maximum Gasteiger partial charge on any atom is 0.263 e. The number of pyridine rings is 1. The third-order valence-electron chi connectivity index (χ3n) is 4.52. The van der Waals surface area contributed by atoms with Crippen LogP contribution in [0.4, 0.5) is 0 Å². The van der Waals surface area contributed by atoms with Gasteiger partial charge in [-0.25, -0.2) is 0 Å². The van der Waals surface area contributed by atoms with Crippen molar-refractivity contribution < 1.29 is 9.53 Å². The lowest BCUT2D eigenvalue weighted by Crippen LogP contribution is -2.53. The van der Waals surface area contributed by atoms with Crippen LogP contribution in [0, 0.1) is 6.92 Å². The molecule has 6 heteroatoms. The van der Waals surface area contributed by atoms with E-state index >= 15 is 0 Å². The SMILES string of the molecule is CCc1c(C)cc(C(=O)N2CC[C@H](N)[C@H](OC)C2)c(=O)n1C. The third-order valence-corrected chi connectivity index (χ3v) is 4.52. The second-order valence-electron chi connectivity index (χ2n) is 5.88. The number of likely N-dealkylation sites (tertiary alicyclic amines) is 1. The molecule has 122 valence electrons. The summed E-state index contributed by atoms with van der Waals surface area (Å²) in [7, 11) is 3.31. The molecule has 1 amide bonds. The van der Waals surface area contributed by atoms with Gasteiger partial charge in [-0.15, -0.1) is 0 Å². The Morgan fingerprint density at radius 2 is 2.18 bits per heavy atom. The Morgan fingerprint density at radius 1 is 1.50 bits per heavy atom. The van der Waals surface area contributed by atoms with Crippen LogP contribution in [0.5, 0.6) is 0 Å². The maximum atomic E-state index is 12.7. The lowest BCUT2D eigenvalue weighted by Gasteiger charge is -2.36. The Kier molecular flexibility index (Phi) is 5.03. The van der Waals surface area contributed by atoms with Crippen molar-refractivity contribution in [2.24, 2.45) is 12.8 Å². The number of aromatic nitrogens is 1. The molecule has 0 saturated carbocycles. The first kappa shape index (κ1) is 16.7. The van der Waals surface area contributed by atoms with Crippen molar-refractivity contribution in [1.29, 1.82) is 0 Å². The molecular formula is C16H25N3O3. The molecule has 0 spiro atoms. The van der Waals surface area contributed by atoms with Crippen LogP contribution in [-0.4, -0.2) is 47.7 Å². The topological polar surface area (TPSA) is 77.6 Å². The number of carbonyl (C=O) groups is 1. The number of amides is 1. The van der Waals surface area contributed by atoms with Gasteiger partial charge in [0.1, 0.15) is 5.56 Å². The highest BCUT2D eigenvalue weighted by Crippen LogP contribution is 2.15. The van der Waals surface area contributed by atoms with Crippen LogP contribution in [-0.2, 0) is 18.2 Å². The van der Waals surface area contributed by atoms with E-state index in [9.17, 15) is 9.59 Å². The number of hydrogen-bond acceptors (Lipinski definition) is 4. The predicted molar refractivity (Wildman–Crippen MR) is 85.1 cm³/mol. The minimum absolute atomic E-state index is 0.0684. The molecule has 1 aromatic heterocycles. The average molecular weight is 307 g/mol. The van der Waals surface area contributed by atoms with Crippen LogP contribution in [0.2, 0.25) is 0 Å². The Bertz CT molecular complexity index is 624. The van der Waals surface area contributed by atoms with Gasteiger partial charge in [0.2, 0.25) is 0 Å². The number of piperidine rings is 1. The van der Waals surface area contributed by atoms with E-state index in [0.717, 1.165) is 17.7 Å². The second kappa shape index (κ2) is 6.62. The first-order valence-corrected chi connectivity index (χ1v) is 7.67. The molecule has 2 N–H and O–H groups in total. The number of ether oxygens (including phenoxy) is 1. The molecular weight excluding hydrogens is 282 g/mol. The minimum Gasteiger partial charge on any atom is -0.378 e. The van der Waals surface area contributed by atoms with Gasteiger partial charge >= 0.3 is 0 Å². The van der Waals surface area contributed by atoms with E-state index in [1.807, 2.05) is 13.8 Å². The van der Waals surface area contributed by atoms with E-state index in [2.05, 4.69) is 0 Å². The number of carbonyl (C=O) groups excluding carboxylic acids is 1. The zero-order valence-corrected chi connectivity index (χ0v) is 13.8. The molecule has 1 aliphatic heterocycles. The molecule has 1 aliphatic rings. The predicted octanol–water partition coefficient (Wildman–Crippen LogP) is 0.444. The smallest absolute Gasteiger partial charge is 0.263 e. The quantitative estimate of drug-likeness (QED) is 0.879. The summed E-state index contributed by atoms with van der Waals surface area (Å²) < 4.78 is 6.91. The van der Waals surface area contributed by atoms with Crippen LogP contribution >= 0.6 is 0 Å². The van der Waals surface area contributed by atoms with Crippen molar-refractivity contribution in [2.75, 3.05) is 20.2 Å². The van der Waals surface area contributed by atoms with Crippen LogP contribution < -0.4 is 11.3 Å². The molecule has 2 rings (SSSR count). The summed E-state index contributed by atoms with van der Waals surface area (Å²) in [5.41, 5.74) is 7.88. The van der Waals surface area contributed by atoms with Gasteiger partial charge < -0.3 is 19.9 Å². The summed E-state index contributed by atoms with van der Waals surface area (Å²) in [5.74, 6) is -0.236. The Balaban J connectivity index is 2.33. The first-order chi connectivity index (χ1) is 10.4. The summed E-state index contributed by atoms with van der Waals surface area (Å²) in [5, 5.41) is 0. The van der Waals surface area contributed by atoms with Gasteiger partial charge in [-0.1, -0.05) is 6.92 Å². The lowest BCUT2D eigenvalue weighted by molar-refractivity contribution is 0.0161. The zero-order valence-electron chi connectivity index (χ0n) is 13.8. The molecule has 6 nitrogen and oxygen atoms in total. The molecule has 0 radical (unpaired) electrons. The van der Waals surface area contributed by atoms with Gasteiger partial charge in [-0.3, -0.25) is 9.59 Å². The van der Waals surface area contributed by atoms with Crippen LogP contribution in [0.1, 0.15) is 35.0 Å². The van der Waals surface area contributed by atoms with Crippen molar-refractivity contribution in [3.8, 4) is 0 Å². The highest BCUT2D eigenvalue weighted by atomic mass is 16.5. The summed E-state index contributed by atoms with van der Waals surface area (Å²) in [6.07, 6.45) is 1.25. The van der Waals surface area contributed by atoms with Gasteiger partial charge in [-0.05, 0) is 31.4 Å². The molecule has 1 saturated heterocycles. The number of nitrogens with zero attached hydrogens (tertiary/aromatic N) is 2. The van der Waals surface area contributed by atoms with Crippen molar-refractivity contribution in [3.63, 3.8) is 0 Å². The standard InChI is InChI=1S/C16H25N3O3/c1-5-13-10(2)8-11(15(20)18(13)3)16(21)19-7-6-12(17)14(9-19)22-4/h8,12,14H,5-7,9,17H2,1-4H3/t12-,14+/m0/s1. The van der Waals surface area contributed by atoms with E-state index in [4.69, 9.17) is 10.5 Å². The van der Waals surface area contributed by atoms with Crippen LogP contribution in [0.15, 0.2) is 10.9 Å². The van der Waals surface area contributed by atoms with Crippen LogP contribution in [0.25, 0.3) is 0 Å². The first-order valence-electron chi connectivity index (χ1n) is 7.67. The largest absolute Gasteiger partial charge is 0.378 e. The third kappa shape index (κ3) is 2.94. The maximum absolute atomic E-state index is 12.7. The van der Waals surface area contributed by atoms with E-state index in [1.54, 1.807) is 29.7 Å². The average Bonchev–Trinajstić information content (AvgIpc) is 2.51. The summed E-state index contributed by atoms with van der Waals surface area (Å²) in [6.45, 7) is 4.91. The molecule has 0 unspecified atom stereocenters. The Labute approximate surface area is 130 Å². The number of nitrogens with two attached hydrogens (primary N) is 1. The normalized spacial score (nSPS) is 22.0. The fraction of sp³-hybridized carbons (Fsp3) is 0.625. The molecule has 1 fully saturated rings. The highest BCUT2D eigenvalue weighted by Gasteiger charge is 2.31. The van der Waals surface area contributed by atoms with E-state index in [0.29, 0.717) is 19.5 Å². The van der Waals surface area contributed by atoms with Gasteiger partial charge in [-0.2, -0.15) is 0 Å². The monoisotopic (exact) mass is 307 g/mol. The zero-order chi connectivity index (χ0) is 16.4. The molecule has 0 aliphatic carbocycles. The van der Waals surface area contributed by atoms with Crippen molar-refractivity contribution >= 4 is 5.91 Å². The Hall–Kier alpha value is -1.66. The van der Waals surface area contributed by atoms with Gasteiger partial charge in [0.15, 0.2) is 0 Å². The highest BCUT2D eigenvalue weighted by molar-refractivity contribution is 5.94. The molecule has 1 aromatic rings. The molecule has 2 heterocycles. The van der Waals surface area contributed by atoms with E-state index in [1.165, 1.54) is 0 Å². The molecule has 0 bridgehead atoms. The molecule has 0 aromatic carbocycles. The van der Waals surface area contributed by atoms with Crippen molar-refractivity contribution in [1.82, 2.24) is 9.47 Å². The van der Waals surface area contributed by atoms with E-state index < -0.39 is 0 Å². The molecule has 2 atom stereocenters. The number of hydrogen-bond donors (Lipinski definition) is 1. The fourth-order valence-corrected chi connectivity index (χ4v) is 3.14. The second-order valence-corrected chi connectivity index (χ2v) is 5.88. The van der Waals surface area contributed by atoms with Crippen molar-refractivity contribution in [2.45, 2.75) is 38.8 Å². The van der Waals surface area contributed by atoms with E-state index in [-0.39, 0.29) is 29.2 Å². The molecule has 22 heavy (non-hydrogen) atoms. The summed E-state index contributed by atoms with van der Waals surface area (Å²) in [6, 6.07) is 1.64. The van der Waals surface area contributed by atoms with Gasteiger partial charge in [0, 0.05) is 39.0 Å². The minimum atomic E-state index is -0.240. The summed E-state index contributed by atoms with van der Waals surface area (Å²) in [4.78, 5) is 26.8. The number of methoxy groups -OCH3 is 1. The number of rotatable bonds is 3. The Morgan fingerprint density at radius 3 is 2.77 bits per heavy atom. The fourth-order valence-electron chi connectivity index (χ4n) is 3.14. The van der Waals surface area contributed by atoms with Gasteiger partial charge in [0.25, 0.3) is 11.5 Å².